The molecule has 2 amide bonds. The van der Waals surface area contributed by atoms with Crippen molar-refractivity contribution in [2.24, 2.45) is 11.1 Å². The molecule has 0 aromatic heterocycles. The van der Waals surface area contributed by atoms with Crippen LogP contribution in [0.4, 0.5) is 0 Å². The van der Waals surface area contributed by atoms with Gasteiger partial charge in [-0.2, -0.15) is 0 Å². The fourth-order valence-corrected chi connectivity index (χ4v) is 2.43. The molecule has 0 aromatic rings. The van der Waals surface area contributed by atoms with Crippen molar-refractivity contribution < 1.29 is 9.59 Å². The molecule has 0 radical (unpaired) electrons. The molecule has 0 bridgehead atoms. The highest BCUT2D eigenvalue weighted by atomic mass is 16.2. The van der Waals surface area contributed by atoms with Crippen molar-refractivity contribution in [1.82, 2.24) is 10.6 Å². The van der Waals surface area contributed by atoms with Gasteiger partial charge in [-0.1, -0.05) is 26.2 Å². The van der Waals surface area contributed by atoms with Crippen molar-refractivity contribution in [3.8, 4) is 0 Å². The Labute approximate surface area is 109 Å². The summed E-state index contributed by atoms with van der Waals surface area (Å²) in [5.74, 6) is -0.190. The highest BCUT2D eigenvalue weighted by molar-refractivity contribution is 5.88. The molecule has 1 saturated carbocycles. The molecule has 1 rings (SSSR count). The molecule has 18 heavy (non-hydrogen) atoms. The fraction of sp³-hybridized carbons (Fsp3) is 0.846. The van der Waals surface area contributed by atoms with Gasteiger partial charge in [-0.05, 0) is 19.3 Å². The molecular formula is C13H25N3O2. The Morgan fingerprint density at radius 3 is 2.39 bits per heavy atom. The van der Waals surface area contributed by atoms with Crippen molar-refractivity contribution >= 4 is 11.8 Å². The SMILES string of the molecule is CCCNC(=O)CNC(=O)C1(CN)CCCCC1. The molecule has 0 heterocycles. The lowest BCUT2D eigenvalue weighted by Crippen LogP contribution is -2.49. The van der Waals surface area contributed by atoms with Crippen LogP contribution in [0.5, 0.6) is 0 Å². The van der Waals surface area contributed by atoms with Gasteiger partial charge in [0.1, 0.15) is 0 Å². The van der Waals surface area contributed by atoms with E-state index in [1.54, 1.807) is 0 Å². The molecule has 1 fully saturated rings. The minimum Gasteiger partial charge on any atom is -0.355 e. The molecule has 0 atom stereocenters. The second kappa shape index (κ2) is 7.36. The lowest BCUT2D eigenvalue weighted by Gasteiger charge is -2.34. The standard InChI is InChI=1S/C13H25N3O2/c1-2-8-15-11(17)9-16-12(18)13(10-14)6-4-3-5-7-13/h2-10,14H2,1H3,(H,15,17)(H,16,18). The van der Waals surface area contributed by atoms with E-state index in [4.69, 9.17) is 5.73 Å². The number of nitrogens with two attached hydrogens (primary N) is 1. The number of carbonyl (C=O) groups is 2. The van der Waals surface area contributed by atoms with Crippen LogP contribution in [0.15, 0.2) is 0 Å². The average Bonchev–Trinajstić information content (AvgIpc) is 2.43. The fourth-order valence-electron chi connectivity index (χ4n) is 2.43. The molecule has 104 valence electrons. The lowest BCUT2D eigenvalue weighted by atomic mass is 9.73. The number of amides is 2. The van der Waals surface area contributed by atoms with Gasteiger partial charge in [0.25, 0.3) is 0 Å². The summed E-state index contributed by atoms with van der Waals surface area (Å²) >= 11 is 0. The first kappa shape index (κ1) is 15.0. The van der Waals surface area contributed by atoms with Crippen molar-refractivity contribution in [2.45, 2.75) is 45.4 Å². The Hall–Kier alpha value is -1.10. The third kappa shape index (κ3) is 3.98. The van der Waals surface area contributed by atoms with Gasteiger partial charge in [0.05, 0.1) is 12.0 Å². The molecule has 5 nitrogen and oxygen atoms in total. The minimum absolute atomic E-state index is 0.0561. The highest BCUT2D eigenvalue weighted by Gasteiger charge is 2.37. The van der Waals surface area contributed by atoms with E-state index in [2.05, 4.69) is 10.6 Å². The summed E-state index contributed by atoms with van der Waals surface area (Å²) in [6.45, 7) is 3.07. The summed E-state index contributed by atoms with van der Waals surface area (Å²) in [4.78, 5) is 23.6. The van der Waals surface area contributed by atoms with Gasteiger partial charge in [-0.15, -0.1) is 0 Å². The Balaban J connectivity index is 2.40. The molecule has 0 spiro atoms. The Morgan fingerprint density at radius 1 is 1.17 bits per heavy atom. The van der Waals surface area contributed by atoms with Crippen LogP contribution in [0, 0.1) is 5.41 Å². The molecule has 1 aliphatic rings. The van der Waals surface area contributed by atoms with E-state index in [0.29, 0.717) is 13.1 Å². The molecule has 0 aliphatic heterocycles. The van der Waals surface area contributed by atoms with E-state index in [0.717, 1.165) is 32.1 Å². The molecule has 4 N–H and O–H groups in total. The van der Waals surface area contributed by atoms with Gasteiger partial charge in [0.2, 0.25) is 11.8 Å². The maximum Gasteiger partial charge on any atom is 0.239 e. The highest BCUT2D eigenvalue weighted by Crippen LogP contribution is 2.35. The summed E-state index contributed by atoms with van der Waals surface area (Å²) in [5, 5.41) is 5.46. The summed E-state index contributed by atoms with van der Waals surface area (Å²) in [6.07, 6.45) is 5.84. The van der Waals surface area contributed by atoms with E-state index in [-0.39, 0.29) is 18.4 Å². The average molecular weight is 255 g/mol. The van der Waals surface area contributed by atoms with Crippen molar-refractivity contribution in [3.63, 3.8) is 0 Å². The topological polar surface area (TPSA) is 84.2 Å². The number of hydrogen-bond acceptors (Lipinski definition) is 3. The molecule has 0 unspecified atom stereocenters. The van der Waals surface area contributed by atoms with Gasteiger partial charge in [0, 0.05) is 13.1 Å². The zero-order valence-corrected chi connectivity index (χ0v) is 11.3. The maximum atomic E-state index is 12.2. The first-order valence-electron chi connectivity index (χ1n) is 6.89. The second-order valence-corrected chi connectivity index (χ2v) is 5.08. The third-order valence-electron chi connectivity index (χ3n) is 3.66. The predicted molar refractivity (Wildman–Crippen MR) is 70.9 cm³/mol. The largest absolute Gasteiger partial charge is 0.355 e. The minimum atomic E-state index is -0.441. The summed E-state index contributed by atoms with van der Waals surface area (Å²) in [6, 6.07) is 0. The number of rotatable bonds is 6. The van der Waals surface area contributed by atoms with Gasteiger partial charge in [0.15, 0.2) is 0 Å². The monoisotopic (exact) mass is 255 g/mol. The Kier molecular flexibility index (Phi) is 6.12. The van der Waals surface area contributed by atoms with Crippen LogP contribution in [0.25, 0.3) is 0 Å². The summed E-state index contributed by atoms with van der Waals surface area (Å²) < 4.78 is 0. The van der Waals surface area contributed by atoms with Gasteiger partial charge < -0.3 is 16.4 Å². The van der Waals surface area contributed by atoms with E-state index < -0.39 is 5.41 Å². The Bertz CT molecular complexity index is 286. The number of carbonyl (C=O) groups excluding carboxylic acids is 2. The summed E-state index contributed by atoms with van der Waals surface area (Å²) in [5.41, 5.74) is 5.32. The molecule has 5 heteroatoms. The number of nitrogens with one attached hydrogen (secondary N) is 2. The van der Waals surface area contributed by atoms with Crippen LogP contribution >= 0.6 is 0 Å². The number of hydrogen-bond donors (Lipinski definition) is 3. The zero-order chi connectivity index (χ0) is 13.4. The van der Waals surface area contributed by atoms with E-state index in [1.165, 1.54) is 6.42 Å². The van der Waals surface area contributed by atoms with Crippen LogP contribution in [0.1, 0.15) is 45.4 Å². The Morgan fingerprint density at radius 2 is 1.83 bits per heavy atom. The van der Waals surface area contributed by atoms with Crippen LogP contribution in [-0.4, -0.2) is 31.4 Å². The van der Waals surface area contributed by atoms with Crippen molar-refractivity contribution in [2.75, 3.05) is 19.6 Å². The van der Waals surface area contributed by atoms with E-state index in [1.807, 2.05) is 6.92 Å². The molecular weight excluding hydrogens is 230 g/mol. The van der Waals surface area contributed by atoms with Crippen LogP contribution in [-0.2, 0) is 9.59 Å². The van der Waals surface area contributed by atoms with Crippen LogP contribution in [0.3, 0.4) is 0 Å². The van der Waals surface area contributed by atoms with Crippen molar-refractivity contribution in [1.29, 1.82) is 0 Å². The lowest BCUT2D eigenvalue weighted by molar-refractivity contribution is -0.134. The van der Waals surface area contributed by atoms with Gasteiger partial charge in [-0.3, -0.25) is 9.59 Å². The smallest absolute Gasteiger partial charge is 0.239 e. The van der Waals surface area contributed by atoms with Crippen LogP contribution in [0.2, 0.25) is 0 Å². The van der Waals surface area contributed by atoms with Gasteiger partial charge >= 0.3 is 0 Å². The van der Waals surface area contributed by atoms with E-state index >= 15 is 0 Å². The predicted octanol–water partition coefficient (Wildman–Crippen LogP) is 0.538. The first-order valence-corrected chi connectivity index (χ1v) is 6.89. The molecule has 1 aliphatic carbocycles. The molecule has 0 saturated heterocycles. The zero-order valence-electron chi connectivity index (χ0n) is 11.3. The van der Waals surface area contributed by atoms with E-state index in [9.17, 15) is 9.59 Å². The first-order chi connectivity index (χ1) is 8.64. The van der Waals surface area contributed by atoms with Crippen LogP contribution < -0.4 is 16.4 Å². The maximum absolute atomic E-state index is 12.2. The normalized spacial score (nSPS) is 18.1. The quantitative estimate of drug-likeness (QED) is 0.647. The summed E-state index contributed by atoms with van der Waals surface area (Å²) in [7, 11) is 0. The third-order valence-corrected chi connectivity index (χ3v) is 3.66. The van der Waals surface area contributed by atoms with Gasteiger partial charge in [-0.25, -0.2) is 0 Å². The molecule has 0 aromatic carbocycles. The van der Waals surface area contributed by atoms with Crippen molar-refractivity contribution in [3.05, 3.63) is 0 Å². The second-order valence-electron chi connectivity index (χ2n) is 5.08.